The van der Waals surface area contributed by atoms with Crippen LogP contribution >= 0.6 is 12.8 Å². The molecule has 33 heavy (non-hydrogen) atoms. The number of aliphatic hydroxyl groups is 1. The highest BCUT2D eigenvalue weighted by Crippen LogP contribution is 2.69. The molecule has 4 fully saturated rings. The van der Waals surface area contributed by atoms with Gasteiger partial charge in [0.25, 0.3) is 0 Å². The predicted molar refractivity (Wildman–Crippen MR) is 129 cm³/mol. The molecule has 4 aliphatic rings. The minimum atomic E-state index is -0.956. The molecule has 4 rings (SSSR count). The number of rotatable bonds is 6. The van der Waals surface area contributed by atoms with E-state index in [0.717, 1.165) is 37.8 Å². The Labute approximate surface area is 203 Å². The second-order valence-electron chi connectivity index (χ2n) is 11.8. The maximum absolute atomic E-state index is 12.4. The molecule has 3 N–H and O–H groups in total. The van der Waals surface area contributed by atoms with Gasteiger partial charge in [-0.05, 0) is 68.1 Å². The van der Waals surface area contributed by atoms with Crippen LogP contribution in [0.5, 0.6) is 0 Å². The zero-order valence-corrected chi connectivity index (χ0v) is 21.1. The van der Waals surface area contributed by atoms with Gasteiger partial charge in [0.2, 0.25) is 0 Å². The number of allylic oxidation sites excluding steroid dienone is 1. The molecule has 7 unspecified atom stereocenters. The number of carbonyl (C=O) groups is 2. The smallest absolute Gasteiger partial charge is 0.308 e. The van der Waals surface area contributed by atoms with E-state index in [9.17, 15) is 24.9 Å². The van der Waals surface area contributed by atoms with Gasteiger partial charge < -0.3 is 19.6 Å². The molecule has 7 heteroatoms. The van der Waals surface area contributed by atoms with Crippen LogP contribution in [0.2, 0.25) is 0 Å². The molecule has 0 aliphatic heterocycles. The third-order valence-electron chi connectivity index (χ3n) is 10.2. The standard InChI is InChI=1S/C26H41NO5S/c1-15-18(23(29)30)9-10-19(22(15)24(31)32)27(33)20(13-16-7-5-4-6-8-16)26-12-11-17(14-21(26)28)25(26,2)3/h13,15-19,21-22,28,33H,4-12,14H2,1-3H3,(H,29,30)(H,31,32). The molecule has 0 aromatic carbocycles. The average molecular weight is 480 g/mol. The lowest BCUT2D eigenvalue weighted by atomic mass is 9.64. The van der Waals surface area contributed by atoms with E-state index in [1.54, 1.807) is 6.92 Å². The van der Waals surface area contributed by atoms with Crippen LogP contribution < -0.4 is 0 Å². The van der Waals surface area contributed by atoms with Crippen LogP contribution in [0.3, 0.4) is 0 Å². The fourth-order valence-corrected chi connectivity index (χ4v) is 8.60. The van der Waals surface area contributed by atoms with Crippen molar-refractivity contribution in [2.24, 2.45) is 40.4 Å². The summed E-state index contributed by atoms with van der Waals surface area (Å²) in [6.45, 7) is 6.28. The summed E-state index contributed by atoms with van der Waals surface area (Å²) in [5.41, 5.74) is 0.469. The van der Waals surface area contributed by atoms with Crippen LogP contribution in [0.25, 0.3) is 0 Å². The predicted octanol–water partition coefficient (Wildman–Crippen LogP) is 4.98. The molecule has 0 radical (unpaired) electrons. The van der Waals surface area contributed by atoms with Gasteiger partial charge >= 0.3 is 11.9 Å². The van der Waals surface area contributed by atoms with E-state index >= 15 is 0 Å². The number of carboxylic acids is 2. The molecule has 6 nitrogen and oxygen atoms in total. The number of hydrogen-bond donors (Lipinski definition) is 4. The Hall–Kier alpha value is -1.21. The summed E-state index contributed by atoms with van der Waals surface area (Å²) in [6, 6.07) is -0.400. The summed E-state index contributed by atoms with van der Waals surface area (Å²) in [7, 11) is 0. The maximum Gasteiger partial charge on any atom is 0.308 e. The van der Waals surface area contributed by atoms with E-state index in [1.807, 2.05) is 4.31 Å². The molecule has 4 saturated carbocycles. The van der Waals surface area contributed by atoms with Crippen LogP contribution in [-0.2, 0) is 9.59 Å². The van der Waals surface area contributed by atoms with Gasteiger partial charge in [-0.25, -0.2) is 0 Å². The van der Waals surface area contributed by atoms with Crippen molar-refractivity contribution in [2.45, 2.75) is 97.1 Å². The van der Waals surface area contributed by atoms with Crippen molar-refractivity contribution in [3.05, 3.63) is 11.8 Å². The zero-order chi connectivity index (χ0) is 24.1. The largest absolute Gasteiger partial charge is 0.481 e. The fourth-order valence-electron chi connectivity index (χ4n) is 8.10. The van der Waals surface area contributed by atoms with Gasteiger partial charge in [0.1, 0.15) is 0 Å². The Morgan fingerprint density at radius 2 is 1.67 bits per heavy atom. The monoisotopic (exact) mass is 479 g/mol. The Bertz CT molecular complexity index is 807. The molecule has 0 amide bonds. The number of aliphatic carboxylic acids is 2. The van der Waals surface area contributed by atoms with Crippen LogP contribution in [0.15, 0.2) is 11.8 Å². The highest BCUT2D eigenvalue weighted by atomic mass is 32.1. The number of carboxylic acid groups (broad SMARTS) is 2. The molecule has 0 saturated heterocycles. The molecule has 4 aliphatic carbocycles. The molecule has 0 heterocycles. The lowest BCUT2D eigenvalue weighted by molar-refractivity contribution is -0.154. The fraction of sp³-hybridized carbons (Fsp3) is 0.846. The Morgan fingerprint density at radius 3 is 2.18 bits per heavy atom. The summed E-state index contributed by atoms with van der Waals surface area (Å²) in [5.74, 6) is -2.97. The van der Waals surface area contributed by atoms with Crippen molar-refractivity contribution in [3.8, 4) is 0 Å². The first-order valence-corrected chi connectivity index (χ1v) is 13.3. The molecular formula is C26H41NO5S. The molecule has 0 aromatic heterocycles. The molecule has 7 atom stereocenters. The molecule has 2 bridgehead atoms. The van der Waals surface area contributed by atoms with Gasteiger partial charge in [-0.15, -0.1) is 0 Å². The minimum absolute atomic E-state index is 0.101. The average Bonchev–Trinajstić information content (AvgIpc) is 3.12. The SMILES string of the molecule is CC1C(C(=O)O)CCC(N(S)C(=CC2CCCCC2)C23CCC(CC2O)C3(C)C)C1C(=O)O. The second-order valence-corrected chi connectivity index (χ2v) is 12.2. The van der Waals surface area contributed by atoms with Crippen molar-refractivity contribution < 1.29 is 24.9 Å². The van der Waals surface area contributed by atoms with Gasteiger partial charge in [0.15, 0.2) is 0 Å². The van der Waals surface area contributed by atoms with Crippen molar-refractivity contribution in [1.82, 2.24) is 4.31 Å². The first-order chi connectivity index (χ1) is 15.5. The van der Waals surface area contributed by atoms with E-state index in [-0.39, 0.29) is 5.41 Å². The van der Waals surface area contributed by atoms with Crippen molar-refractivity contribution in [2.75, 3.05) is 0 Å². The summed E-state index contributed by atoms with van der Waals surface area (Å²) in [4.78, 5) is 24.2. The van der Waals surface area contributed by atoms with Gasteiger partial charge in [-0.1, -0.05) is 58.9 Å². The molecular weight excluding hydrogens is 438 g/mol. The van der Waals surface area contributed by atoms with Crippen LogP contribution in [0, 0.1) is 40.4 Å². The highest BCUT2D eigenvalue weighted by Gasteiger charge is 2.66. The molecule has 0 spiro atoms. The minimum Gasteiger partial charge on any atom is -0.481 e. The lowest BCUT2D eigenvalue weighted by Crippen LogP contribution is -2.53. The zero-order valence-electron chi connectivity index (χ0n) is 20.2. The van der Waals surface area contributed by atoms with E-state index in [4.69, 9.17) is 12.8 Å². The third-order valence-corrected chi connectivity index (χ3v) is 10.7. The molecule has 186 valence electrons. The Balaban J connectivity index is 1.75. The highest BCUT2D eigenvalue weighted by molar-refractivity contribution is 7.77. The quantitative estimate of drug-likeness (QED) is 0.401. The van der Waals surface area contributed by atoms with E-state index in [1.165, 1.54) is 19.3 Å². The van der Waals surface area contributed by atoms with Crippen LogP contribution in [0.4, 0.5) is 0 Å². The maximum atomic E-state index is 12.4. The van der Waals surface area contributed by atoms with Crippen molar-refractivity contribution in [3.63, 3.8) is 0 Å². The normalized spacial score (nSPS) is 41.2. The third kappa shape index (κ3) is 3.91. The van der Waals surface area contributed by atoms with Crippen LogP contribution in [-0.4, -0.2) is 43.7 Å². The van der Waals surface area contributed by atoms with E-state index in [2.05, 4.69) is 19.9 Å². The number of fused-ring (bicyclic) bond motifs is 2. The van der Waals surface area contributed by atoms with Crippen molar-refractivity contribution in [1.29, 1.82) is 0 Å². The van der Waals surface area contributed by atoms with Gasteiger partial charge in [-0.2, -0.15) is 0 Å². The summed E-state index contributed by atoms with van der Waals surface area (Å²) >= 11 is 5.01. The summed E-state index contributed by atoms with van der Waals surface area (Å²) in [5, 5.41) is 31.2. The Morgan fingerprint density at radius 1 is 1.00 bits per heavy atom. The summed E-state index contributed by atoms with van der Waals surface area (Å²) < 4.78 is 1.89. The van der Waals surface area contributed by atoms with Gasteiger partial charge in [-0.3, -0.25) is 9.59 Å². The van der Waals surface area contributed by atoms with Crippen molar-refractivity contribution >= 4 is 24.8 Å². The summed E-state index contributed by atoms with van der Waals surface area (Å²) in [6.07, 6.45) is 11.4. The van der Waals surface area contributed by atoms with E-state index in [0.29, 0.717) is 24.7 Å². The lowest BCUT2D eigenvalue weighted by Gasteiger charge is -2.50. The first kappa shape index (κ1) is 24.9. The van der Waals surface area contributed by atoms with Gasteiger partial charge in [0, 0.05) is 11.1 Å². The number of nitrogens with zero attached hydrogens (tertiary/aromatic N) is 1. The number of thiol groups is 1. The Kier molecular flexibility index (Phi) is 6.87. The second kappa shape index (κ2) is 9.10. The van der Waals surface area contributed by atoms with Crippen LogP contribution in [0.1, 0.15) is 85.0 Å². The van der Waals surface area contributed by atoms with E-state index < -0.39 is 47.3 Å². The van der Waals surface area contributed by atoms with Gasteiger partial charge in [0.05, 0.1) is 24.0 Å². The topological polar surface area (TPSA) is 98.1 Å². The number of hydrogen-bond acceptors (Lipinski definition) is 5. The number of aliphatic hydroxyl groups excluding tert-OH is 1. The first-order valence-electron chi connectivity index (χ1n) is 12.9. The molecule has 0 aromatic rings.